The number of benzene rings is 1. The summed E-state index contributed by atoms with van der Waals surface area (Å²) in [6, 6.07) is 10.3. The molecule has 0 saturated carbocycles. The number of hydrogen-bond donors (Lipinski definition) is 1. The third kappa shape index (κ3) is 2.83. The fourth-order valence-corrected chi connectivity index (χ4v) is 2.45. The molecule has 0 aliphatic carbocycles. The fourth-order valence-electron chi connectivity index (χ4n) is 2.45. The van der Waals surface area contributed by atoms with Crippen molar-refractivity contribution in [2.75, 3.05) is 6.54 Å². The van der Waals surface area contributed by atoms with Crippen LogP contribution in [0.4, 0.5) is 0 Å². The van der Waals surface area contributed by atoms with Crippen LogP contribution in [-0.2, 0) is 13.6 Å². The molecular formula is C17H22N2O. The minimum Gasteiger partial charge on any atom is -0.313 e. The molecule has 0 atom stereocenters. The van der Waals surface area contributed by atoms with Gasteiger partial charge < -0.3 is 9.88 Å². The van der Waals surface area contributed by atoms with Gasteiger partial charge in [0, 0.05) is 24.7 Å². The lowest BCUT2D eigenvalue weighted by molar-refractivity contribution is 0.707. The lowest BCUT2D eigenvalue weighted by atomic mass is 10.0. The third-order valence-corrected chi connectivity index (χ3v) is 3.61. The number of aromatic nitrogens is 1. The summed E-state index contributed by atoms with van der Waals surface area (Å²) >= 11 is 0. The summed E-state index contributed by atoms with van der Waals surface area (Å²) in [7, 11) is 1.84. The average Bonchev–Trinajstić information content (AvgIpc) is 2.41. The standard InChI is InChI=1S/C17H22N2O/c1-5-18-11-14-7-9-16(19(4)17(14)20)15-8-6-12(2)10-13(15)3/h6-10,18H,5,11H2,1-4H3. The number of aryl methyl sites for hydroxylation is 2. The zero-order chi connectivity index (χ0) is 14.7. The van der Waals surface area contributed by atoms with Gasteiger partial charge in [-0.1, -0.05) is 36.8 Å². The third-order valence-electron chi connectivity index (χ3n) is 3.61. The van der Waals surface area contributed by atoms with Crippen molar-refractivity contribution in [1.82, 2.24) is 9.88 Å². The summed E-state index contributed by atoms with van der Waals surface area (Å²) in [5.74, 6) is 0. The Kier molecular flexibility index (Phi) is 4.40. The molecule has 106 valence electrons. The smallest absolute Gasteiger partial charge is 0.255 e. The topological polar surface area (TPSA) is 34.0 Å². The molecule has 2 aromatic rings. The minimum absolute atomic E-state index is 0.0726. The summed E-state index contributed by atoms with van der Waals surface area (Å²) in [5, 5.41) is 3.20. The second-order valence-electron chi connectivity index (χ2n) is 5.21. The number of pyridine rings is 1. The van der Waals surface area contributed by atoms with Crippen molar-refractivity contribution < 1.29 is 0 Å². The van der Waals surface area contributed by atoms with Gasteiger partial charge >= 0.3 is 0 Å². The Morgan fingerprint density at radius 1 is 1.15 bits per heavy atom. The molecule has 1 N–H and O–H groups in total. The van der Waals surface area contributed by atoms with Crippen LogP contribution in [-0.4, -0.2) is 11.1 Å². The molecule has 1 heterocycles. The van der Waals surface area contributed by atoms with Crippen LogP contribution in [0, 0.1) is 13.8 Å². The van der Waals surface area contributed by atoms with Crippen molar-refractivity contribution in [3.63, 3.8) is 0 Å². The van der Waals surface area contributed by atoms with Crippen LogP contribution >= 0.6 is 0 Å². The molecule has 0 fully saturated rings. The number of rotatable bonds is 4. The van der Waals surface area contributed by atoms with Gasteiger partial charge in [-0.05, 0) is 32.0 Å². The van der Waals surface area contributed by atoms with Crippen molar-refractivity contribution in [3.05, 3.63) is 57.4 Å². The molecule has 0 spiro atoms. The van der Waals surface area contributed by atoms with Crippen LogP contribution in [0.25, 0.3) is 11.3 Å². The molecule has 0 unspecified atom stereocenters. The van der Waals surface area contributed by atoms with E-state index in [-0.39, 0.29) is 5.56 Å². The van der Waals surface area contributed by atoms with E-state index in [1.165, 1.54) is 11.1 Å². The molecule has 0 aliphatic heterocycles. The lowest BCUT2D eigenvalue weighted by Crippen LogP contribution is -2.26. The van der Waals surface area contributed by atoms with Crippen LogP contribution in [0.5, 0.6) is 0 Å². The van der Waals surface area contributed by atoms with Crippen molar-refractivity contribution in [2.45, 2.75) is 27.3 Å². The average molecular weight is 270 g/mol. The van der Waals surface area contributed by atoms with Gasteiger partial charge in [0.2, 0.25) is 0 Å². The monoisotopic (exact) mass is 270 g/mol. The first-order valence-electron chi connectivity index (χ1n) is 7.02. The Balaban J connectivity index is 2.48. The molecule has 3 nitrogen and oxygen atoms in total. The number of nitrogens with one attached hydrogen (secondary N) is 1. The summed E-state index contributed by atoms with van der Waals surface area (Å²) in [6.07, 6.45) is 0. The molecule has 1 aromatic heterocycles. The van der Waals surface area contributed by atoms with Crippen molar-refractivity contribution in [2.24, 2.45) is 7.05 Å². The maximum Gasteiger partial charge on any atom is 0.255 e. The molecule has 2 rings (SSSR count). The van der Waals surface area contributed by atoms with Crippen LogP contribution in [0.3, 0.4) is 0 Å². The second kappa shape index (κ2) is 6.06. The number of hydrogen-bond acceptors (Lipinski definition) is 2. The Morgan fingerprint density at radius 3 is 2.55 bits per heavy atom. The van der Waals surface area contributed by atoms with E-state index in [0.717, 1.165) is 23.4 Å². The summed E-state index contributed by atoms with van der Waals surface area (Å²) in [5.41, 5.74) is 5.39. The zero-order valence-electron chi connectivity index (χ0n) is 12.7. The maximum absolute atomic E-state index is 12.4. The van der Waals surface area contributed by atoms with Gasteiger partial charge in [-0.25, -0.2) is 0 Å². The van der Waals surface area contributed by atoms with E-state index in [9.17, 15) is 4.79 Å². The van der Waals surface area contributed by atoms with Crippen LogP contribution in [0.2, 0.25) is 0 Å². The zero-order valence-corrected chi connectivity index (χ0v) is 12.7. The molecule has 20 heavy (non-hydrogen) atoms. The highest BCUT2D eigenvalue weighted by Gasteiger charge is 2.09. The maximum atomic E-state index is 12.4. The van der Waals surface area contributed by atoms with E-state index in [0.29, 0.717) is 6.54 Å². The van der Waals surface area contributed by atoms with Gasteiger partial charge in [0.25, 0.3) is 5.56 Å². The molecule has 3 heteroatoms. The molecule has 0 aliphatic rings. The largest absolute Gasteiger partial charge is 0.313 e. The fraction of sp³-hybridized carbons (Fsp3) is 0.353. The van der Waals surface area contributed by atoms with Gasteiger partial charge in [0.1, 0.15) is 0 Å². The highest BCUT2D eigenvalue weighted by molar-refractivity contribution is 5.64. The predicted molar refractivity (Wildman–Crippen MR) is 84.0 cm³/mol. The second-order valence-corrected chi connectivity index (χ2v) is 5.21. The van der Waals surface area contributed by atoms with Gasteiger partial charge in [-0.2, -0.15) is 0 Å². The Labute approximate surface area is 120 Å². The first-order chi connectivity index (χ1) is 9.54. The van der Waals surface area contributed by atoms with E-state index >= 15 is 0 Å². The highest BCUT2D eigenvalue weighted by Crippen LogP contribution is 2.23. The van der Waals surface area contributed by atoms with Crippen LogP contribution in [0.1, 0.15) is 23.6 Å². The quantitative estimate of drug-likeness (QED) is 0.927. The minimum atomic E-state index is 0.0726. The van der Waals surface area contributed by atoms with E-state index in [1.54, 1.807) is 4.57 Å². The van der Waals surface area contributed by atoms with Crippen molar-refractivity contribution >= 4 is 0 Å². The van der Waals surface area contributed by atoms with Gasteiger partial charge in [0.05, 0.1) is 5.69 Å². The van der Waals surface area contributed by atoms with Gasteiger partial charge in [-0.15, -0.1) is 0 Å². The number of nitrogens with zero attached hydrogens (tertiary/aromatic N) is 1. The first-order valence-corrected chi connectivity index (χ1v) is 7.02. The van der Waals surface area contributed by atoms with E-state index in [2.05, 4.69) is 37.4 Å². The molecular weight excluding hydrogens is 248 g/mol. The molecule has 1 aromatic carbocycles. The molecule has 0 radical (unpaired) electrons. The SMILES string of the molecule is CCNCc1ccc(-c2ccc(C)cc2C)n(C)c1=O. The van der Waals surface area contributed by atoms with Gasteiger partial charge in [-0.3, -0.25) is 4.79 Å². The first kappa shape index (κ1) is 14.5. The lowest BCUT2D eigenvalue weighted by Gasteiger charge is -2.13. The molecule has 0 bridgehead atoms. The predicted octanol–water partition coefficient (Wildman–Crippen LogP) is 2.78. The highest BCUT2D eigenvalue weighted by atomic mass is 16.1. The Bertz CT molecular complexity index is 671. The summed E-state index contributed by atoms with van der Waals surface area (Å²) in [6.45, 7) is 7.68. The molecule has 0 amide bonds. The van der Waals surface area contributed by atoms with E-state index in [1.807, 2.05) is 26.1 Å². The molecule has 0 saturated heterocycles. The van der Waals surface area contributed by atoms with Gasteiger partial charge in [0.15, 0.2) is 0 Å². The Morgan fingerprint density at radius 2 is 1.90 bits per heavy atom. The van der Waals surface area contributed by atoms with Crippen LogP contribution in [0.15, 0.2) is 35.1 Å². The summed E-state index contributed by atoms with van der Waals surface area (Å²) < 4.78 is 1.74. The van der Waals surface area contributed by atoms with E-state index in [4.69, 9.17) is 0 Å². The van der Waals surface area contributed by atoms with Crippen LogP contribution < -0.4 is 10.9 Å². The van der Waals surface area contributed by atoms with E-state index < -0.39 is 0 Å². The van der Waals surface area contributed by atoms with Crippen molar-refractivity contribution in [3.8, 4) is 11.3 Å². The van der Waals surface area contributed by atoms with Crippen molar-refractivity contribution in [1.29, 1.82) is 0 Å². The Hall–Kier alpha value is -1.87. The normalized spacial score (nSPS) is 10.8. The summed E-state index contributed by atoms with van der Waals surface area (Å²) in [4.78, 5) is 12.4.